The first-order valence-electron chi connectivity index (χ1n) is 6.65. The topological polar surface area (TPSA) is 0 Å². The predicted octanol–water partition coefficient (Wildman–Crippen LogP) is 5.52. The Morgan fingerprint density at radius 3 is 1.00 bits per heavy atom. The Balaban J connectivity index is 0. The molecular weight excluding hydrogens is 183 g/mol. The van der Waals surface area contributed by atoms with Crippen molar-refractivity contribution in [2.24, 2.45) is 0 Å². The lowest BCUT2D eigenvalue weighted by atomic mass is 10.1. The SMILES string of the molecule is CCCCCCCCCC.[CH3][Al]([CH3])[CH3]. The van der Waals surface area contributed by atoms with E-state index in [-0.39, 0.29) is 14.1 Å². The van der Waals surface area contributed by atoms with Gasteiger partial charge in [0.15, 0.2) is 0 Å². The highest BCUT2D eigenvalue weighted by Gasteiger charge is 1.87. The summed E-state index contributed by atoms with van der Waals surface area (Å²) >= 11 is -0.139. The van der Waals surface area contributed by atoms with Gasteiger partial charge < -0.3 is 0 Å². The van der Waals surface area contributed by atoms with Crippen molar-refractivity contribution in [2.45, 2.75) is 82.6 Å². The van der Waals surface area contributed by atoms with Crippen LogP contribution in [-0.4, -0.2) is 14.1 Å². The van der Waals surface area contributed by atoms with E-state index in [1.54, 1.807) is 0 Å². The monoisotopic (exact) mass is 214 g/mol. The van der Waals surface area contributed by atoms with Crippen LogP contribution < -0.4 is 0 Å². The molecule has 86 valence electrons. The molecule has 0 aliphatic carbocycles. The van der Waals surface area contributed by atoms with Crippen molar-refractivity contribution in [1.82, 2.24) is 0 Å². The minimum absolute atomic E-state index is 0.139. The minimum Gasteiger partial charge on any atom is -0.106 e. The Morgan fingerprint density at radius 2 is 0.786 bits per heavy atom. The molecule has 14 heavy (non-hydrogen) atoms. The maximum absolute atomic E-state index is 2.31. The summed E-state index contributed by atoms with van der Waals surface area (Å²) in [5, 5.41) is 0. The van der Waals surface area contributed by atoms with Gasteiger partial charge in [-0.1, -0.05) is 65.2 Å². The quantitative estimate of drug-likeness (QED) is 0.387. The van der Waals surface area contributed by atoms with Gasteiger partial charge in [-0.2, -0.15) is 0 Å². The van der Waals surface area contributed by atoms with Crippen LogP contribution in [0.5, 0.6) is 0 Å². The van der Waals surface area contributed by atoms with Crippen LogP contribution in [0.25, 0.3) is 0 Å². The highest BCUT2D eigenvalue weighted by Crippen LogP contribution is 2.07. The molecule has 0 aliphatic heterocycles. The Labute approximate surface area is 96.9 Å². The lowest BCUT2D eigenvalue weighted by molar-refractivity contribution is 0.585. The highest BCUT2D eigenvalue weighted by atomic mass is 27.2. The molecule has 0 N–H and O–H groups in total. The van der Waals surface area contributed by atoms with Gasteiger partial charge in [-0.25, -0.2) is 0 Å². The fourth-order valence-electron chi connectivity index (χ4n) is 1.21. The van der Waals surface area contributed by atoms with Crippen LogP contribution in [-0.2, 0) is 0 Å². The van der Waals surface area contributed by atoms with E-state index in [2.05, 4.69) is 31.2 Å². The summed E-state index contributed by atoms with van der Waals surface area (Å²) in [5.41, 5.74) is 0. The molecule has 0 heterocycles. The Hall–Kier alpha value is 0.532. The van der Waals surface area contributed by atoms with Gasteiger partial charge >= 0.3 is 0 Å². The first-order chi connectivity index (χ1) is 6.65. The molecule has 0 fully saturated rings. The van der Waals surface area contributed by atoms with Gasteiger partial charge in [0.05, 0.1) is 0 Å². The first kappa shape index (κ1) is 16.9. The van der Waals surface area contributed by atoms with Gasteiger partial charge in [-0.3, -0.25) is 0 Å². The van der Waals surface area contributed by atoms with Crippen molar-refractivity contribution in [3.05, 3.63) is 0 Å². The van der Waals surface area contributed by atoms with Crippen molar-refractivity contribution < 1.29 is 0 Å². The number of unbranched alkanes of at least 4 members (excludes halogenated alkanes) is 7. The zero-order valence-electron chi connectivity index (χ0n) is 11.2. The van der Waals surface area contributed by atoms with E-state index in [4.69, 9.17) is 0 Å². The average molecular weight is 214 g/mol. The minimum atomic E-state index is -0.139. The lowest BCUT2D eigenvalue weighted by Crippen LogP contribution is -1.84. The highest BCUT2D eigenvalue weighted by molar-refractivity contribution is 6.54. The molecule has 0 amide bonds. The molecule has 0 atom stereocenters. The zero-order valence-corrected chi connectivity index (χ0v) is 12.4. The maximum Gasteiger partial charge on any atom is 0.251 e. The molecule has 0 aromatic heterocycles. The summed E-state index contributed by atoms with van der Waals surface area (Å²) in [7, 11) is 0. The molecule has 0 aromatic rings. The Kier molecular flexibility index (Phi) is 19.3. The zero-order chi connectivity index (χ0) is 11.2. The van der Waals surface area contributed by atoms with Crippen molar-refractivity contribution in [2.75, 3.05) is 0 Å². The van der Waals surface area contributed by atoms with Crippen molar-refractivity contribution >= 4 is 14.1 Å². The summed E-state index contributed by atoms with van der Waals surface area (Å²) in [6.45, 7) is 4.54. The third-order valence-corrected chi connectivity index (χ3v) is 1.96. The van der Waals surface area contributed by atoms with Crippen molar-refractivity contribution in [3.8, 4) is 0 Å². The first-order valence-corrected chi connectivity index (χ1v) is 10.1. The third-order valence-electron chi connectivity index (χ3n) is 1.96. The molecule has 0 unspecified atom stereocenters. The van der Waals surface area contributed by atoms with E-state index in [0.717, 1.165) is 0 Å². The standard InChI is InChI=1S/C10H22.3CH3.Al/c1-3-5-7-9-10-8-6-4-2;;;;/h3-10H2,1-2H3;3*1H3;. The van der Waals surface area contributed by atoms with Gasteiger partial charge in [0.1, 0.15) is 0 Å². The number of rotatable bonds is 7. The second-order valence-electron chi connectivity index (χ2n) is 4.85. The van der Waals surface area contributed by atoms with E-state index >= 15 is 0 Å². The van der Waals surface area contributed by atoms with Gasteiger partial charge in [-0.05, 0) is 0 Å². The second-order valence-corrected chi connectivity index (χ2v) is 8.32. The fourth-order valence-corrected chi connectivity index (χ4v) is 1.21. The molecule has 0 aliphatic rings. The van der Waals surface area contributed by atoms with E-state index < -0.39 is 0 Å². The second kappa shape index (κ2) is 16.0. The molecule has 1 heteroatoms. The molecule has 0 spiro atoms. The molecular formula is C13H31Al. The number of hydrogen-bond donors (Lipinski definition) is 0. The largest absolute Gasteiger partial charge is 0.251 e. The van der Waals surface area contributed by atoms with Crippen LogP contribution in [0.2, 0.25) is 17.4 Å². The molecule has 0 radical (unpaired) electrons. The van der Waals surface area contributed by atoms with E-state index in [9.17, 15) is 0 Å². The maximum atomic E-state index is 2.31. The average Bonchev–Trinajstić information content (AvgIpc) is 2.10. The van der Waals surface area contributed by atoms with Crippen LogP contribution in [0.15, 0.2) is 0 Å². The third kappa shape index (κ3) is 29.4. The van der Waals surface area contributed by atoms with E-state index in [1.165, 1.54) is 51.4 Å². The summed E-state index contributed by atoms with van der Waals surface area (Å²) in [6, 6.07) is 0. The van der Waals surface area contributed by atoms with Crippen molar-refractivity contribution in [3.63, 3.8) is 0 Å². The Morgan fingerprint density at radius 1 is 0.571 bits per heavy atom. The molecule has 0 nitrogen and oxygen atoms in total. The van der Waals surface area contributed by atoms with Crippen LogP contribution in [0.1, 0.15) is 65.2 Å². The van der Waals surface area contributed by atoms with Crippen LogP contribution in [0, 0.1) is 0 Å². The molecule has 0 saturated carbocycles. The van der Waals surface area contributed by atoms with Crippen molar-refractivity contribution in [1.29, 1.82) is 0 Å². The molecule has 0 saturated heterocycles. The summed E-state index contributed by atoms with van der Waals surface area (Å²) in [5.74, 6) is 6.92. The molecule has 0 bridgehead atoms. The van der Waals surface area contributed by atoms with Gasteiger partial charge in [-0.15, -0.1) is 17.4 Å². The van der Waals surface area contributed by atoms with Crippen LogP contribution in [0.3, 0.4) is 0 Å². The smallest absolute Gasteiger partial charge is 0.106 e. The summed E-state index contributed by atoms with van der Waals surface area (Å²) < 4.78 is 0. The van der Waals surface area contributed by atoms with Gasteiger partial charge in [0, 0.05) is 0 Å². The number of hydrogen-bond acceptors (Lipinski definition) is 0. The Bertz CT molecular complexity index is 68.5. The van der Waals surface area contributed by atoms with Crippen LogP contribution in [0.4, 0.5) is 0 Å². The molecule has 0 rings (SSSR count). The summed E-state index contributed by atoms with van der Waals surface area (Å²) in [6.07, 6.45) is 11.5. The normalized spacial score (nSPS) is 9.21. The van der Waals surface area contributed by atoms with Gasteiger partial charge in [0.25, 0.3) is 14.1 Å². The summed E-state index contributed by atoms with van der Waals surface area (Å²) in [4.78, 5) is 0. The van der Waals surface area contributed by atoms with Gasteiger partial charge in [0.2, 0.25) is 0 Å². The fraction of sp³-hybridized carbons (Fsp3) is 1.00. The lowest BCUT2D eigenvalue weighted by Gasteiger charge is -1.97. The molecule has 0 aromatic carbocycles. The predicted molar refractivity (Wildman–Crippen MR) is 71.6 cm³/mol. The van der Waals surface area contributed by atoms with Crippen LogP contribution >= 0.6 is 0 Å². The van der Waals surface area contributed by atoms with E-state index in [0.29, 0.717) is 0 Å². The van der Waals surface area contributed by atoms with E-state index in [1.807, 2.05) is 0 Å².